The summed E-state index contributed by atoms with van der Waals surface area (Å²) in [4.78, 5) is 99.5. The minimum atomic E-state index is -4.77. The van der Waals surface area contributed by atoms with Gasteiger partial charge in [-0.25, -0.2) is 9.97 Å². The third kappa shape index (κ3) is 11.7. The van der Waals surface area contributed by atoms with E-state index in [-0.39, 0.29) is 62.0 Å². The molecule has 3 aliphatic rings. The van der Waals surface area contributed by atoms with E-state index in [4.69, 9.17) is 4.74 Å². The van der Waals surface area contributed by atoms with Crippen molar-refractivity contribution in [1.82, 2.24) is 30.2 Å². The lowest BCUT2D eigenvalue weighted by Gasteiger charge is -2.36. The number of aromatic nitrogens is 4. The van der Waals surface area contributed by atoms with Crippen LogP contribution in [0.1, 0.15) is 127 Å². The first-order chi connectivity index (χ1) is 27.0. The summed E-state index contributed by atoms with van der Waals surface area (Å²) in [6, 6.07) is -1.99. The summed E-state index contributed by atoms with van der Waals surface area (Å²) in [6.45, 7) is 6.96. The Labute approximate surface area is 330 Å². The number of likely N-dealkylation sites (tertiary alicyclic amines) is 1. The lowest BCUT2D eigenvalue weighted by Crippen LogP contribution is -2.51. The van der Waals surface area contributed by atoms with Gasteiger partial charge in [-0.15, -0.1) is 0 Å². The van der Waals surface area contributed by atoms with Gasteiger partial charge in [0.1, 0.15) is 11.8 Å². The first-order valence-electron chi connectivity index (χ1n) is 20.0. The Morgan fingerprint density at radius 2 is 1.67 bits per heavy atom. The molecule has 1 aliphatic heterocycles. The van der Waals surface area contributed by atoms with Gasteiger partial charge in [-0.05, 0) is 55.4 Å². The zero-order chi connectivity index (χ0) is 41.5. The van der Waals surface area contributed by atoms with Crippen molar-refractivity contribution in [3.63, 3.8) is 0 Å². The van der Waals surface area contributed by atoms with Crippen molar-refractivity contribution >= 4 is 34.9 Å². The molecule has 16 heteroatoms. The number of rotatable bonds is 18. The van der Waals surface area contributed by atoms with E-state index in [1.54, 1.807) is 20.8 Å². The first-order valence-corrected chi connectivity index (χ1v) is 20.0. The zero-order valence-corrected chi connectivity index (χ0v) is 33.1. The Balaban J connectivity index is 1.42. The second-order valence-corrected chi connectivity index (χ2v) is 16.8. The molecule has 2 aromatic heterocycles. The normalized spacial score (nSPS) is 20.6. The molecular formula is C41H53F3N6O7. The number of nitrogens with one attached hydrogen (secondary N) is 1. The van der Waals surface area contributed by atoms with Gasteiger partial charge in [0.25, 0.3) is 5.91 Å². The van der Waals surface area contributed by atoms with Gasteiger partial charge in [-0.1, -0.05) is 53.4 Å². The topological polar surface area (TPSA) is 178 Å². The van der Waals surface area contributed by atoms with E-state index in [2.05, 4.69) is 25.3 Å². The third-order valence-corrected chi connectivity index (χ3v) is 11.3. The van der Waals surface area contributed by atoms with Gasteiger partial charge in [-0.3, -0.25) is 33.8 Å². The van der Waals surface area contributed by atoms with Crippen molar-refractivity contribution < 1.29 is 46.7 Å². The van der Waals surface area contributed by atoms with Crippen LogP contribution in [0, 0.1) is 29.1 Å². The zero-order valence-electron chi connectivity index (χ0n) is 33.1. The smallest absolute Gasteiger partial charge is 0.433 e. The highest BCUT2D eigenvalue weighted by Crippen LogP contribution is 2.38. The number of ketones is 4. The number of ether oxygens (including phenoxy) is 1. The quantitative estimate of drug-likeness (QED) is 0.176. The van der Waals surface area contributed by atoms with Crippen LogP contribution in [0.2, 0.25) is 0 Å². The van der Waals surface area contributed by atoms with Gasteiger partial charge in [0.15, 0.2) is 23.0 Å². The number of Topliss-reactive ketones (excluding diaryl/α,β-unsaturated/α-hetero) is 4. The number of carbonyl (C=O) groups excluding carboxylic acids is 6. The highest BCUT2D eigenvalue weighted by molar-refractivity contribution is 6.38. The Morgan fingerprint density at radius 1 is 0.947 bits per heavy atom. The van der Waals surface area contributed by atoms with E-state index < -0.39 is 82.5 Å². The largest absolute Gasteiger partial charge is 0.458 e. The molecule has 1 N–H and O–H groups in total. The van der Waals surface area contributed by atoms with Gasteiger partial charge in [0.2, 0.25) is 11.7 Å². The fraction of sp³-hybridized carbons (Fsp3) is 0.659. The Kier molecular flexibility index (Phi) is 14.3. The van der Waals surface area contributed by atoms with E-state index in [9.17, 15) is 41.9 Å². The van der Waals surface area contributed by atoms with Crippen molar-refractivity contribution in [3.05, 3.63) is 42.2 Å². The predicted octanol–water partition coefficient (Wildman–Crippen LogP) is 5.95. The molecule has 3 heterocycles. The first kappa shape index (κ1) is 43.5. The van der Waals surface area contributed by atoms with Crippen molar-refractivity contribution in [2.24, 2.45) is 29.1 Å². The molecule has 2 amide bonds. The molecule has 2 saturated carbocycles. The lowest BCUT2D eigenvalue weighted by atomic mass is 9.74. The number of hydrogen-bond donors (Lipinski definition) is 1. The molecule has 5 atom stereocenters. The van der Waals surface area contributed by atoms with Crippen molar-refractivity contribution in [2.45, 2.75) is 136 Å². The van der Waals surface area contributed by atoms with Crippen LogP contribution in [0.4, 0.5) is 13.2 Å². The minimum Gasteiger partial charge on any atom is -0.458 e. The van der Waals surface area contributed by atoms with Crippen LogP contribution in [-0.4, -0.2) is 84.5 Å². The number of hydrogen-bond acceptors (Lipinski definition) is 11. The second-order valence-electron chi connectivity index (χ2n) is 16.8. The summed E-state index contributed by atoms with van der Waals surface area (Å²) in [5.41, 5.74) is -2.03. The van der Waals surface area contributed by atoms with Gasteiger partial charge >= 0.3 is 12.2 Å². The summed E-state index contributed by atoms with van der Waals surface area (Å²) in [7, 11) is 0. The van der Waals surface area contributed by atoms with E-state index in [1.165, 1.54) is 23.5 Å². The van der Waals surface area contributed by atoms with E-state index in [0.717, 1.165) is 38.3 Å². The average molecular weight is 799 g/mol. The highest BCUT2D eigenvalue weighted by Gasteiger charge is 2.47. The Hall–Kier alpha value is -4.63. The summed E-state index contributed by atoms with van der Waals surface area (Å²) in [5, 5.41) is 2.87. The highest BCUT2D eigenvalue weighted by atomic mass is 19.4. The second kappa shape index (κ2) is 18.8. The van der Waals surface area contributed by atoms with Crippen LogP contribution in [0.5, 0.6) is 6.01 Å². The number of carbonyl (C=O) groups is 6. The monoisotopic (exact) mass is 798 g/mol. The minimum absolute atomic E-state index is 0.0397. The Morgan fingerprint density at radius 3 is 2.28 bits per heavy atom. The molecule has 3 unspecified atom stereocenters. The third-order valence-electron chi connectivity index (χ3n) is 11.3. The van der Waals surface area contributed by atoms with E-state index >= 15 is 0 Å². The molecule has 13 nitrogen and oxygen atoms in total. The van der Waals surface area contributed by atoms with Gasteiger partial charge in [-0.2, -0.15) is 18.2 Å². The fourth-order valence-electron chi connectivity index (χ4n) is 7.95. The fourth-order valence-corrected chi connectivity index (χ4v) is 7.95. The van der Waals surface area contributed by atoms with Gasteiger partial charge in [0.05, 0.1) is 24.8 Å². The lowest BCUT2D eigenvalue weighted by molar-refractivity contribution is -0.147. The maximum atomic E-state index is 14.8. The molecule has 2 aromatic rings. The summed E-state index contributed by atoms with van der Waals surface area (Å²) in [5.74, 6) is -5.02. The number of amides is 2. The molecule has 310 valence electrons. The van der Waals surface area contributed by atoms with Crippen LogP contribution in [0.25, 0.3) is 0 Å². The van der Waals surface area contributed by atoms with Crippen molar-refractivity contribution in [3.8, 4) is 6.01 Å². The molecule has 0 bridgehead atoms. The Bertz CT molecular complexity index is 1780. The van der Waals surface area contributed by atoms with Gasteiger partial charge in [0, 0.05) is 56.1 Å². The summed E-state index contributed by atoms with van der Waals surface area (Å²) in [6.07, 6.45) is 5.30. The van der Waals surface area contributed by atoms with Crippen LogP contribution in [-0.2, 0) is 30.1 Å². The molecule has 57 heavy (non-hydrogen) atoms. The molecule has 0 radical (unpaired) electrons. The molecular weight excluding hydrogens is 745 g/mol. The molecule has 2 aliphatic carbocycles. The predicted molar refractivity (Wildman–Crippen MR) is 199 cm³/mol. The van der Waals surface area contributed by atoms with Crippen molar-refractivity contribution in [1.29, 1.82) is 0 Å². The summed E-state index contributed by atoms with van der Waals surface area (Å²) < 4.78 is 46.2. The van der Waals surface area contributed by atoms with Crippen LogP contribution in [0.15, 0.2) is 30.9 Å². The standard InChI is InChI=1S/C41H53F3N6O7/c1-5-9-26(36(54)33(53)18-24-12-13-24)19-31(51)30-20-27(57-39-47-15-14-34(48-39)41(42,43)44)23-50(30)38(56)28(40(2,3)4)21-32(52)35(25-10-7-6-8-11-25)49-37(55)29-22-45-16-17-46-29/h14-17,22,24-28,30,35H,5-13,18-21,23H2,1-4H3,(H,49,55)/t26?,27-,28?,30+,35?/m0/s1. The van der Waals surface area contributed by atoms with Crippen LogP contribution >= 0.6 is 0 Å². The van der Waals surface area contributed by atoms with Crippen molar-refractivity contribution in [2.75, 3.05) is 6.54 Å². The maximum Gasteiger partial charge on any atom is 0.433 e. The van der Waals surface area contributed by atoms with E-state index in [1.807, 2.05) is 6.92 Å². The number of halogens is 3. The average Bonchev–Trinajstić information content (AvgIpc) is 3.90. The van der Waals surface area contributed by atoms with Crippen LogP contribution in [0.3, 0.4) is 0 Å². The summed E-state index contributed by atoms with van der Waals surface area (Å²) >= 11 is 0. The molecule has 5 rings (SSSR count). The molecule has 1 saturated heterocycles. The number of nitrogens with zero attached hydrogens (tertiary/aromatic N) is 5. The molecule has 0 spiro atoms. The van der Waals surface area contributed by atoms with Gasteiger partial charge < -0.3 is 15.0 Å². The SMILES string of the molecule is CCCC(CC(=O)[C@H]1C[C@H](Oc2nccc(C(F)(F)F)n2)CN1C(=O)C(CC(=O)C(NC(=O)c1cnccn1)C1CCCCC1)C(C)(C)C)C(=O)C(=O)CC1CC1. The molecule has 0 aromatic carbocycles. The molecule has 3 fully saturated rings. The van der Waals surface area contributed by atoms with Crippen LogP contribution < -0.4 is 10.1 Å². The van der Waals surface area contributed by atoms with E-state index in [0.29, 0.717) is 25.3 Å². The maximum absolute atomic E-state index is 14.8. The number of alkyl halides is 3.